The van der Waals surface area contributed by atoms with E-state index in [0.29, 0.717) is 5.69 Å². The Morgan fingerprint density at radius 1 is 1.09 bits per heavy atom. The molecular weight excluding hydrogens is 459 g/mol. The Balaban J connectivity index is 1.90. The van der Waals surface area contributed by atoms with Crippen LogP contribution >= 0.6 is 0 Å². The van der Waals surface area contributed by atoms with Gasteiger partial charge in [0, 0.05) is 32.7 Å². The lowest BCUT2D eigenvalue weighted by molar-refractivity contribution is -0.137. The molecule has 3 rings (SSSR count). The molecule has 33 heavy (non-hydrogen) atoms. The van der Waals surface area contributed by atoms with E-state index in [4.69, 9.17) is 4.74 Å². The van der Waals surface area contributed by atoms with Crippen molar-refractivity contribution in [1.82, 2.24) is 4.31 Å². The molecule has 0 aromatic heterocycles. The quantitative estimate of drug-likeness (QED) is 0.697. The summed E-state index contributed by atoms with van der Waals surface area (Å²) in [5.41, 5.74) is -0.567. The van der Waals surface area contributed by atoms with Gasteiger partial charge in [0.25, 0.3) is 5.91 Å². The van der Waals surface area contributed by atoms with E-state index < -0.39 is 27.7 Å². The number of benzene rings is 2. The SMILES string of the molecule is CC1CN(S(=O)(=O)c2cccc(C(=O)Nc3cc(C(F)(F)F)ccc3N(C)C)c2)CC(C)O1. The molecule has 1 saturated heterocycles. The van der Waals surface area contributed by atoms with Gasteiger partial charge in [0.05, 0.1) is 34.0 Å². The lowest BCUT2D eigenvalue weighted by Gasteiger charge is -2.34. The van der Waals surface area contributed by atoms with Crippen molar-refractivity contribution in [3.8, 4) is 0 Å². The summed E-state index contributed by atoms with van der Waals surface area (Å²) in [7, 11) is -0.619. The van der Waals surface area contributed by atoms with Gasteiger partial charge in [0.1, 0.15) is 0 Å². The van der Waals surface area contributed by atoms with E-state index in [1.807, 2.05) is 0 Å². The maximum atomic E-state index is 13.2. The van der Waals surface area contributed by atoms with Crippen LogP contribution in [-0.2, 0) is 20.9 Å². The number of morpholine rings is 1. The van der Waals surface area contributed by atoms with E-state index >= 15 is 0 Å². The molecule has 2 aromatic rings. The standard InChI is InChI=1S/C22H26F3N3O4S/c1-14-12-28(13-15(2)32-14)33(30,31)18-7-5-6-16(10-18)21(29)26-19-11-17(22(23,24)25)8-9-20(19)27(3)4/h5-11,14-15H,12-13H2,1-4H3,(H,26,29). The van der Waals surface area contributed by atoms with Crippen LogP contribution in [0.25, 0.3) is 0 Å². The summed E-state index contributed by atoms with van der Waals surface area (Å²) < 4.78 is 72.6. The van der Waals surface area contributed by atoms with Gasteiger partial charge in [-0.2, -0.15) is 17.5 Å². The second-order valence-corrected chi connectivity index (χ2v) is 10.1. The molecule has 2 aromatic carbocycles. The molecule has 0 bridgehead atoms. The van der Waals surface area contributed by atoms with Crippen LogP contribution in [0.1, 0.15) is 29.8 Å². The predicted octanol–water partition coefficient (Wildman–Crippen LogP) is 3.82. The number of nitrogens with zero attached hydrogens (tertiary/aromatic N) is 2. The van der Waals surface area contributed by atoms with Crippen molar-refractivity contribution in [1.29, 1.82) is 0 Å². The van der Waals surface area contributed by atoms with Crippen LogP contribution in [0.2, 0.25) is 0 Å². The number of sulfonamides is 1. The van der Waals surface area contributed by atoms with Crippen molar-refractivity contribution in [2.24, 2.45) is 0 Å². The lowest BCUT2D eigenvalue weighted by Crippen LogP contribution is -2.48. The molecule has 1 aliphatic heterocycles. The van der Waals surface area contributed by atoms with E-state index in [0.717, 1.165) is 12.1 Å². The van der Waals surface area contributed by atoms with Crippen molar-refractivity contribution in [3.05, 3.63) is 53.6 Å². The first-order valence-corrected chi connectivity index (χ1v) is 11.7. The molecule has 2 unspecified atom stereocenters. The monoisotopic (exact) mass is 485 g/mol. The Hall–Kier alpha value is -2.63. The summed E-state index contributed by atoms with van der Waals surface area (Å²) in [6.07, 6.45) is -5.13. The average molecular weight is 486 g/mol. The van der Waals surface area contributed by atoms with Gasteiger partial charge in [0.15, 0.2) is 0 Å². The van der Waals surface area contributed by atoms with Gasteiger partial charge in [-0.1, -0.05) is 6.07 Å². The predicted molar refractivity (Wildman–Crippen MR) is 119 cm³/mol. The van der Waals surface area contributed by atoms with Crippen molar-refractivity contribution in [3.63, 3.8) is 0 Å². The van der Waals surface area contributed by atoms with Crippen LogP contribution in [-0.4, -0.2) is 58.0 Å². The fourth-order valence-electron chi connectivity index (χ4n) is 3.67. The highest BCUT2D eigenvalue weighted by atomic mass is 32.2. The number of carbonyl (C=O) groups is 1. The molecule has 2 atom stereocenters. The fourth-order valence-corrected chi connectivity index (χ4v) is 5.31. The number of halogens is 3. The molecule has 0 saturated carbocycles. The third-order valence-electron chi connectivity index (χ3n) is 5.17. The fraction of sp³-hybridized carbons (Fsp3) is 0.409. The van der Waals surface area contributed by atoms with E-state index in [1.165, 1.54) is 34.6 Å². The number of anilines is 2. The van der Waals surface area contributed by atoms with Gasteiger partial charge in [-0.15, -0.1) is 0 Å². The molecule has 1 N–H and O–H groups in total. The molecule has 0 aliphatic carbocycles. The molecular formula is C22H26F3N3O4S. The Morgan fingerprint density at radius 2 is 1.73 bits per heavy atom. The topological polar surface area (TPSA) is 79.0 Å². The number of ether oxygens (including phenoxy) is 1. The molecule has 0 spiro atoms. The zero-order valence-electron chi connectivity index (χ0n) is 18.7. The molecule has 1 amide bonds. The molecule has 1 aliphatic rings. The van der Waals surface area contributed by atoms with Gasteiger partial charge in [0.2, 0.25) is 10.0 Å². The number of hydrogen-bond acceptors (Lipinski definition) is 5. The number of nitrogens with one attached hydrogen (secondary N) is 1. The Bertz CT molecular complexity index is 1130. The van der Waals surface area contributed by atoms with E-state index in [9.17, 15) is 26.4 Å². The maximum absolute atomic E-state index is 13.2. The highest BCUT2D eigenvalue weighted by molar-refractivity contribution is 7.89. The third-order valence-corrected chi connectivity index (χ3v) is 7.00. The third kappa shape index (κ3) is 5.66. The van der Waals surface area contributed by atoms with Crippen LogP contribution in [0, 0.1) is 0 Å². The van der Waals surface area contributed by atoms with E-state index in [1.54, 1.807) is 32.8 Å². The lowest BCUT2D eigenvalue weighted by atomic mass is 10.1. The van der Waals surface area contributed by atoms with Crippen molar-refractivity contribution in [2.45, 2.75) is 37.1 Å². The second-order valence-electron chi connectivity index (χ2n) is 8.19. The number of amides is 1. The number of carbonyl (C=O) groups excluding carboxylic acids is 1. The first kappa shape index (κ1) is 25.0. The minimum Gasteiger partial charge on any atom is -0.376 e. The maximum Gasteiger partial charge on any atom is 0.416 e. The summed E-state index contributed by atoms with van der Waals surface area (Å²) in [6.45, 7) is 3.91. The van der Waals surface area contributed by atoms with Crippen molar-refractivity contribution < 1.29 is 31.1 Å². The molecule has 11 heteroatoms. The molecule has 180 valence electrons. The van der Waals surface area contributed by atoms with E-state index in [-0.39, 0.29) is 41.4 Å². The summed E-state index contributed by atoms with van der Waals surface area (Å²) in [4.78, 5) is 14.4. The van der Waals surface area contributed by atoms with Gasteiger partial charge in [-0.05, 0) is 50.2 Å². The summed E-state index contributed by atoms with van der Waals surface area (Å²) in [6, 6.07) is 8.48. The van der Waals surface area contributed by atoms with Crippen LogP contribution in [0.5, 0.6) is 0 Å². The minimum atomic E-state index is -4.58. The van der Waals surface area contributed by atoms with Crippen LogP contribution in [0.15, 0.2) is 47.4 Å². The molecule has 1 fully saturated rings. The summed E-state index contributed by atoms with van der Waals surface area (Å²) in [5.74, 6) is -0.724. The summed E-state index contributed by atoms with van der Waals surface area (Å²) >= 11 is 0. The van der Waals surface area contributed by atoms with Crippen molar-refractivity contribution >= 4 is 27.3 Å². The molecule has 0 radical (unpaired) electrons. The zero-order chi connectivity index (χ0) is 24.6. The summed E-state index contributed by atoms with van der Waals surface area (Å²) in [5, 5.41) is 2.48. The highest BCUT2D eigenvalue weighted by Gasteiger charge is 2.33. The normalized spacial score (nSPS) is 19.8. The second kappa shape index (κ2) is 9.32. The first-order chi connectivity index (χ1) is 15.3. The van der Waals surface area contributed by atoms with Crippen LogP contribution in [0.4, 0.5) is 24.5 Å². The van der Waals surface area contributed by atoms with E-state index in [2.05, 4.69) is 5.32 Å². The van der Waals surface area contributed by atoms with Crippen molar-refractivity contribution in [2.75, 3.05) is 37.4 Å². The Kier molecular flexibility index (Phi) is 7.06. The smallest absolute Gasteiger partial charge is 0.376 e. The molecule has 1 heterocycles. The zero-order valence-corrected chi connectivity index (χ0v) is 19.5. The Labute approximate surface area is 191 Å². The first-order valence-electron chi connectivity index (χ1n) is 10.2. The van der Waals surface area contributed by atoms with Crippen LogP contribution in [0.3, 0.4) is 0 Å². The number of hydrogen-bond donors (Lipinski definition) is 1. The number of alkyl halides is 3. The van der Waals surface area contributed by atoms with Gasteiger partial charge < -0.3 is 15.0 Å². The Morgan fingerprint density at radius 3 is 2.30 bits per heavy atom. The van der Waals surface area contributed by atoms with Gasteiger partial charge in [-0.25, -0.2) is 8.42 Å². The largest absolute Gasteiger partial charge is 0.416 e. The minimum absolute atomic E-state index is 0.00699. The van der Waals surface area contributed by atoms with Gasteiger partial charge >= 0.3 is 6.18 Å². The van der Waals surface area contributed by atoms with Crippen LogP contribution < -0.4 is 10.2 Å². The number of rotatable bonds is 5. The van der Waals surface area contributed by atoms with Gasteiger partial charge in [-0.3, -0.25) is 4.79 Å². The highest BCUT2D eigenvalue weighted by Crippen LogP contribution is 2.35. The average Bonchev–Trinajstić information content (AvgIpc) is 2.72. The molecule has 7 nitrogen and oxygen atoms in total.